The van der Waals surface area contributed by atoms with Crippen LogP contribution in [0, 0.1) is 0 Å². The van der Waals surface area contributed by atoms with Gasteiger partial charge in [0.1, 0.15) is 11.2 Å². The Labute approximate surface area is 268 Å². The standard InChI is InChI=1S/C42H24N2OS/c1-3-10-37-30(6-1)34-24-29(20-23-38(34)45-37)25-12-14-26(15-13-25)35-21-18-27-16-17-28-19-22-36(44-41(28)40(27)43-35)33-9-5-8-32-31-7-2-4-11-39(31)46-42(32)33/h1-24H. The van der Waals surface area contributed by atoms with Gasteiger partial charge in [0, 0.05) is 52.8 Å². The molecule has 10 rings (SSSR count). The first-order chi connectivity index (χ1) is 22.8. The van der Waals surface area contributed by atoms with Crippen LogP contribution in [-0.4, -0.2) is 9.97 Å². The average Bonchev–Trinajstić information content (AvgIpc) is 3.69. The van der Waals surface area contributed by atoms with E-state index in [9.17, 15) is 0 Å². The fraction of sp³-hybridized carbons (Fsp3) is 0. The van der Waals surface area contributed by atoms with Crippen molar-refractivity contribution in [2.45, 2.75) is 0 Å². The maximum absolute atomic E-state index is 6.04. The van der Waals surface area contributed by atoms with Crippen LogP contribution in [0.5, 0.6) is 0 Å². The van der Waals surface area contributed by atoms with Crippen LogP contribution in [0.4, 0.5) is 0 Å². The summed E-state index contributed by atoms with van der Waals surface area (Å²) >= 11 is 1.83. The van der Waals surface area contributed by atoms with Gasteiger partial charge in [0.05, 0.1) is 22.4 Å². The van der Waals surface area contributed by atoms with E-state index < -0.39 is 0 Å². The molecule has 6 aromatic carbocycles. The van der Waals surface area contributed by atoms with Crippen molar-refractivity contribution in [2.75, 3.05) is 0 Å². The molecule has 0 saturated heterocycles. The Morgan fingerprint density at radius 3 is 1.91 bits per heavy atom. The number of rotatable bonds is 3. The highest BCUT2D eigenvalue weighted by molar-refractivity contribution is 7.26. The number of furan rings is 1. The molecule has 214 valence electrons. The summed E-state index contributed by atoms with van der Waals surface area (Å²) in [5.41, 5.74) is 10.1. The molecule has 3 nitrogen and oxygen atoms in total. The van der Waals surface area contributed by atoms with Crippen LogP contribution in [0.3, 0.4) is 0 Å². The third-order valence-corrected chi connectivity index (χ3v) is 10.3. The van der Waals surface area contributed by atoms with E-state index in [1.807, 2.05) is 23.5 Å². The lowest BCUT2D eigenvalue weighted by molar-refractivity contribution is 0.669. The van der Waals surface area contributed by atoms with Gasteiger partial charge in [-0.15, -0.1) is 11.3 Å². The number of pyridine rings is 2. The first kappa shape index (κ1) is 25.5. The van der Waals surface area contributed by atoms with E-state index in [0.717, 1.165) is 77.4 Å². The van der Waals surface area contributed by atoms with E-state index >= 15 is 0 Å². The Morgan fingerprint density at radius 2 is 1.07 bits per heavy atom. The molecule has 0 spiro atoms. The summed E-state index contributed by atoms with van der Waals surface area (Å²) in [5.74, 6) is 0. The monoisotopic (exact) mass is 604 g/mol. The second-order valence-corrected chi connectivity index (χ2v) is 12.8. The summed E-state index contributed by atoms with van der Waals surface area (Å²) < 4.78 is 8.60. The first-order valence-electron chi connectivity index (χ1n) is 15.4. The van der Waals surface area contributed by atoms with Crippen molar-refractivity contribution in [3.8, 4) is 33.6 Å². The lowest BCUT2D eigenvalue weighted by Crippen LogP contribution is -1.91. The number of benzene rings is 6. The van der Waals surface area contributed by atoms with Crippen molar-refractivity contribution >= 4 is 75.3 Å². The highest BCUT2D eigenvalue weighted by Gasteiger charge is 2.14. The average molecular weight is 605 g/mol. The molecule has 0 N–H and O–H groups in total. The van der Waals surface area contributed by atoms with E-state index in [4.69, 9.17) is 14.4 Å². The van der Waals surface area contributed by atoms with Crippen molar-refractivity contribution in [1.29, 1.82) is 0 Å². The maximum Gasteiger partial charge on any atom is 0.135 e. The zero-order valence-electron chi connectivity index (χ0n) is 24.6. The second kappa shape index (κ2) is 9.83. The van der Waals surface area contributed by atoms with E-state index in [-0.39, 0.29) is 0 Å². The summed E-state index contributed by atoms with van der Waals surface area (Å²) in [6.45, 7) is 0. The topological polar surface area (TPSA) is 38.9 Å². The van der Waals surface area contributed by atoms with Crippen molar-refractivity contribution in [1.82, 2.24) is 9.97 Å². The van der Waals surface area contributed by atoms with Gasteiger partial charge in [-0.3, -0.25) is 0 Å². The molecule has 0 unspecified atom stereocenters. The van der Waals surface area contributed by atoms with Crippen LogP contribution in [0.15, 0.2) is 150 Å². The van der Waals surface area contributed by atoms with Crippen molar-refractivity contribution in [3.63, 3.8) is 0 Å². The third-order valence-electron chi connectivity index (χ3n) is 9.09. The molecule has 0 aliphatic rings. The number of fused-ring (bicyclic) bond motifs is 9. The van der Waals surface area contributed by atoms with Gasteiger partial charge in [-0.25, -0.2) is 9.97 Å². The van der Waals surface area contributed by atoms with Crippen LogP contribution in [-0.2, 0) is 0 Å². The Kier molecular flexibility index (Phi) is 5.45. The lowest BCUT2D eigenvalue weighted by atomic mass is 10.00. The van der Waals surface area contributed by atoms with Crippen LogP contribution >= 0.6 is 11.3 Å². The van der Waals surface area contributed by atoms with E-state index in [0.29, 0.717) is 0 Å². The van der Waals surface area contributed by atoms with E-state index in [1.54, 1.807) is 0 Å². The lowest BCUT2D eigenvalue weighted by Gasteiger charge is -2.09. The number of para-hydroxylation sites is 1. The number of nitrogens with zero attached hydrogens (tertiary/aromatic N) is 2. The Hall–Kier alpha value is -5.84. The predicted molar refractivity (Wildman–Crippen MR) is 194 cm³/mol. The van der Waals surface area contributed by atoms with Crippen molar-refractivity contribution < 1.29 is 4.42 Å². The highest BCUT2D eigenvalue weighted by atomic mass is 32.1. The summed E-state index contributed by atoms with van der Waals surface area (Å²) in [6, 6.07) is 51.3. The quantitative estimate of drug-likeness (QED) is 0.188. The van der Waals surface area contributed by atoms with Gasteiger partial charge in [-0.1, -0.05) is 109 Å². The Bertz CT molecular complexity index is 2810. The van der Waals surface area contributed by atoms with Gasteiger partial charge >= 0.3 is 0 Å². The molecule has 0 bridgehead atoms. The number of hydrogen-bond acceptors (Lipinski definition) is 4. The fourth-order valence-corrected chi connectivity index (χ4v) is 7.99. The minimum absolute atomic E-state index is 0.909. The van der Waals surface area contributed by atoms with Crippen LogP contribution in [0.2, 0.25) is 0 Å². The van der Waals surface area contributed by atoms with Crippen molar-refractivity contribution in [3.05, 3.63) is 146 Å². The fourth-order valence-electron chi connectivity index (χ4n) is 6.77. The van der Waals surface area contributed by atoms with Gasteiger partial charge in [0.15, 0.2) is 0 Å². The third kappa shape index (κ3) is 3.91. The zero-order chi connectivity index (χ0) is 30.2. The minimum Gasteiger partial charge on any atom is -0.456 e. The normalized spacial score (nSPS) is 11.9. The SMILES string of the molecule is c1ccc2c(c1)oc1ccc(-c3ccc(-c4ccc5ccc6ccc(-c7cccc8c7sc7ccccc78)nc6c5n4)cc3)cc12. The van der Waals surface area contributed by atoms with Gasteiger partial charge in [0.2, 0.25) is 0 Å². The predicted octanol–water partition coefficient (Wildman–Crippen LogP) is 12.1. The Morgan fingerprint density at radius 1 is 0.435 bits per heavy atom. The van der Waals surface area contributed by atoms with E-state index in [2.05, 4.69) is 133 Å². The summed E-state index contributed by atoms with van der Waals surface area (Å²) in [6.07, 6.45) is 0. The van der Waals surface area contributed by atoms with E-state index in [1.165, 1.54) is 20.2 Å². The second-order valence-electron chi connectivity index (χ2n) is 11.8. The van der Waals surface area contributed by atoms with Gasteiger partial charge < -0.3 is 4.42 Å². The molecule has 4 heterocycles. The first-order valence-corrected chi connectivity index (χ1v) is 16.2. The smallest absolute Gasteiger partial charge is 0.135 e. The summed E-state index contributed by atoms with van der Waals surface area (Å²) in [7, 11) is 0. The maximum atomic E-state index is 6.04. The molecule has 0 atom stereocenters. The van der Waals surface area contributed by atoms with Crippen LogP contribution in [0.1, 0.15) is 0 Å². The number of thiophene rings is 1. The number of hydrogen-bond donors (Lipinski definition) is 0. The van der Waals surface area contributed by atoms with Gasteiger partial charge in [-0.2, -0.15) is 0 Å². The van der Waals surface area contributed by atoms with Crippen LogP contribution < -0.4 is 0 Å². The van der Waals surface area contributed by atoms with Crippen LogP contribution in [0.25, 0.3) is 97.6 Å². The summed E-state index contributed by atoms with van der Waals surface area (Å²) in [4.78, 5) is 10.5. The summed E-state index contributed by atoms with van der Waals surface area (Å²) in [5, 5.41) is 7.01. The molecule has 10 aromatic rings. The Balaban J connectivity index is 1.06. The molecular formula is C42H24N2OS. The van der Waals surface area contributed by atoms with Gasteiger partial charge in [0.25, 0.3) is 0 Å². The van der Waals surface area contributed by atoms with Gasteiger partial charge in [-0.05, 0) is 47.5 Å². The van der Waals surface area contributed by atoms with Crippen molar-refractivity contribution in [2.24, 2.45) is 0 Å². The molecule has 0 aliphatic carbocycles. The largest absolute Gasteiger partial charge is 0.456 e. The molecule has 0 saturated carbocycles. The number of aromatic nitrogens is 2. The molecule has 0 aliphatic heterocycles. The molecule has 0 radical (unpaired) electrons. The molecule has 4 aromatic heterocycles. The zero-order valence-corrected chi connectivity index (χ0v) is 25.4. The molecule has 4 heteroatoms. The molecular weight excluding hydrogens is 581 g/mol. The molecule has 0 fully saturated rings. The highest BCUT2D eigenvalue weighted by Crippen LogP contribution is 2.40. The minimum atomic E-state index is 0.909. The molecule has 46 heavy (non-hydrogen) atoms. The molecule has 0 amide bonds.